The van der Waals surface area contributed by atoms with Crippen LogP contribution in [0.3, 0.4) is 0 Å². The largest absolute Gasteiger partial charge is 0.497 e. The monoisotopic (exact) mass is 292 g/mol. The van der Waals surface area contributed by atoms with Crippen molar-refractivity contribution in [2.45, 2.75) is 38.8 Å². The van der Waals surface area contributed by atoms with Gasteiger partial charge in [-0.3, -0.25) is 4.90 Å². The molecule has 21 heavy (non-hydrogen) atoms. The fourth-order valence-electron chi connectivity index (χ4n) is 3.29. The van der Waals surface area contributed by atoms with Gasteiger partial charge in [0, 0.05) is 30.8 Å². The van der Waals surface area contributed by atoms with Gasteiger partial charge in [-0.25, -0.2) is 0 Å². The van der Waals surface area contributed by atoms with E-state index >= 15 is 0 Å². The Morgan fingerprint density at radius 1 is 1.24 bits per heavy atom. The minimum Gasteiger partial charge on any atom is -0.497 e. The van der Waals surface area contributed by atoms with E-state index in [2.05, 4.69) is 24.8 Å². The van der Waals surface area contributed by atoms with Crippen LogP contribution in [0.2, 0.25) is 0 Å². The lowest BCUT2D eigenvalue weighted by Gasteiger charge is -2.42. The van der Waals surface area contributed by atoms with Gasteiger partial charge in [0.1, 0.15) is 11.5 Å². The van der Waals surface area contributed by atoms with E-state index in [0.29, 0.717) is 12.6 Å². The third-order valence-corrected chi connectivity index (χ3v) is 4.59. The molecule has 0 bridgehead atoms. The lowest BCUT2D eigenvalue weighted by Crippen LogP contribution is -2.45. The highest BCUT2D eigenvalue weighted by Gasteiger charge is 2.30. The molecule has 4 nitrogen and oxygen atoms in total. The van der Waals surface area contributed by atoms with Crippen molar-refractivity contribution in [3.63, 3.8) is 0 Å². The SMILES string of the molecule is COc1ccc(C(CN)N2CC(C)CCC2C)c(OC)c1. The first kappa shape index (κ1) is 16.1. The molecule has 0 spiro atoms. The smallest absolute Gasteiger partial charge is 0.127 e. The first-order chi connectivity index (χ1) is 10.1. The highest BCUT2D eigenvalue weighted by Crippen LogP contribution is 2.36. The Hall–Kier alpha value is -1.26. The van der Waals surface area contributed by atoms with Crippen LogP contribution in [0, 0.1) is 5.92 Å². The molecular formula is C17H28N2O2. The minimum absolute atomic E-state index is 0.198. The Balaban J connectivity index is 2.31. The normalized spacial score (nSPS) is 24.6. The number of benzene rings is 1. The van der Waals surface area contributed by atoms with Gasteiger partial charge < -0.3 is 15.2 Å². The van der Waals surface area contributed by atoms with Gasteiger partial charge >= 0.3 is 0 Å². The molecule has 0 amide bonds. The van der Waals surface area contributed by atoms with Crippen LogP contribution >= 0.6 is 0 Å². The lowest BCUT2D eigenvalue weighted by atomic mass is 9.91. The second kappa shape index (κ2) is 7.14. The summed E-state index contributed by atoms with van der Waals surface area (Å²) < 4.78 is 10.8. The molecule has 3 unspecified atom stereocenters. The van der Waals surface area contributed by atoms with Gasteiger partial charge in [-0.15, -0.1) is 0 Å². The molecule has 1 aromatic rings. The van der Waals surface area contributed by atoms with Gasteiger partial charge in [0.2, 0.25) is 0 Å². The fraction of sp³-hybridized carbons (Fsp3) is 0.647. The maximum atomic E-state index is 6.11. The number of rotatable bonds is 5. The van der Waals surface area contributed by atoms with Crippen molar-refractivity contribution in [1.82, 2.24) is 4.90 Å². The van der Waals surface area contributed by atoms with E-state index in [-0.39, 0.29) is 6.04 Å². The third-order valence-electron chi connectivity index (χ3n) is 4.59. The summed E-state index contributed by atoms with van der Waals surface area (Å²) in [5.41, 5.74) is 7.26. The van der Waals surface area contributed by atoms with Gasteiger partial charge in [-0.2, -0.15) is 0 Å². The molecule has 1 heterocycles. The van der Waals surface area contributed by atoms with E-state index in [1.54, 1.807) is 14.2 Å². The number of nitrogens with zero attached hydrogens (tertiary/aromatic N) is 1. The number of methoxy groups -OCH3 is 2. The topological polar surface area (TPSA) is 47.7 Å². The molecule has 3 atom stereocenters. The third kappa shape index (κ3) is 3.50. The van der Waals surface area contributed by atoms with Gasteiger partial charge in [-0.05, 0) is 31.7 Å². The number of hydrogen-bond donors (Lipinski definition) is 1. The van der Waals surface area contributed by atoms with Crippen molar-refractivity contribution < 1.29 is 9.47 Å². The summed E-state index contributed by atoms with van der Waals surface area (Å²) in [6, 6.07) is 6.76. The summed E-state index contributed by atoms with van der Waals surface area (Å²) >= 11 is 0. The van der Waals surface area contributed by atoms with E-state index in [1.807, 2.05) is 12.1 Å². The lowest BCUT2D eigenvalue weighted by molar-refractivity contribution is 0.0786. The molecule has 118 valence electrons. The molecule has 0 aromatic heterocycles. The Morgan fingerprint density at radius 2 is 2.00 bits per heavy atom. The fourth-order valence-corrected chi connectivity index (χ4v) is 3.29. The molecular weight excluding hydrogens is 264 g/mol. The van der Waals surface area contributed by atoms with E-state index < -0.39 is 0 Å². The standard InChI is InChI=1S/C17H28N2O2/c1-12-5-6-13(2)19(11-12)16(10-18)15-8-7-14(20-3)9-17(15)21-4/h7-9,12-13,16H,5-6,10-11,18H2,1-4H3. The zero-order valence-corrected chi connectivity index (χ0v) is 13.6. The van der Waals surface area contributed by atoms with Crippen LogP contribution in [0.5, 0.6) is 11.5 Å². The van der Waals surface area contributed by atoms with Crippen LogP contribution in [-0.2, 0) is 0 Å². The number of piperidine rings is 1. The number of nitrogens with two attached hydrogens (primary N) is 1. The van der Waals surface area contributed by atoms with Crippen molar-refractivity contribution >= 4 is 0 Å². The average molecular weight is 292 g/mol. The summed E-state index contributed by atoms with van der Waals surface area (Å²) in [5.74, 6) is 2.39. The highest BCUT2D eigenvalue weighted by atomic mass is 16.5. The second-order valence-corrected chi connectivity index (χ2v) is 6.09. The highest BCUT2D eigenvalue weighted by molar-refractivity contribution is 5.42. The molecule has 0 aliphatic carbocycles. The average Bonchev–Trinajstić information content (AvgIpc) is 2.51. The van der Waals surface area contributed by atoms with Crippen molar-refractivity contribution in [1.29, 1.82) is 0 Å². The van der Waals surface area contributed by atoms with Gasteiger partial charge in [-0.1, -0.05) is 13.0 Å². The van der Waals surface area contributed by atoms with E-state index in [4.69, 9.17) is 15.2 Å². The quantitative estimate of drug-likeness (QED) is 0.906. The Morgan fingerprint density at radius 3 is 2.62 bits per heavy atom. The van der Waals surface area contributed by atoms with Gasteiger partial charge in [0.15, 0.2) is 0 Å². The maximum absolute atomic E-state index is 6.11. The van der Waals surface area contributed by atoms with Crippen LogP contribution < -0.4 is 15.2 Å². The number of ether oxygens (including phenoxy) is 2. The van der Waals surface area contributed by atoms with Crippen molar-refractivity contribution in [2.75, 3.05) is 27.3 Å². The van der Waals surface area contributed by atoms with E-state index in [0.717, 1.165) is 29.5 Å². The van der Waals surface area contributed by atoms with Crippen LogP contribution in [0.1, 0.15) is 38.3 Å². The van der Waals surface area contributed by atoms with Crippen molar-refractivity contribution in [2.24, 2.45) is 11.7 Å². The summed E-state index contributed by atoms with van der Waals surface area (Å²) in [6.45, 7) is 6.31. The van der Waals surface area contributed by atoms with Gasteiger partial charge in [0.05, 0.1) is 20.3 Å². The zero-order valence-electron chi connectivity index (χ0n) is 13.6. The summed E-state index contributed by atoms with van der Waals surface area (Å²) in [4.78, 5) is 2.53. The zero-order chi connectivity index (χ0) is 15.4. The van der Waals surface area contributed by atoms with Crippen LogP contribution in [0.4, 0.5) is 0 Å². The predicted molar refractivity (Wildman–Crippen MR) is 85.9 cm³/mol. The summed E-state index contributed by atoms with van der Waals surface area (Å²) in [5, 5.41) is 0. The van der Waals surface area contributed by atoms with Crippen molar-refractivity contribution in [3.8, 4) is 11.5 Å². The van der Waals surface area contributed by atoms with Crippen LogP contribution in [0.15, 0.2) is 18.2 Å². The molecule has 4 heteroatoms. The first-order valence-corrected chi connectivity index (χ1v) is 7.78. The molecule has 1 aromatic carbocycles. The Labute approximate surface area is 128 Å². The number of likely N-dealkylation sites (tertiary alicyclic amines) is 1. The Kier molecular flexibility index (Phi) is 5.48. The predicted octanol–water partition coefficient (Wildman–Crippen LogP) is 2.82. The molecule has 1 saturated heterocycles. The minimum atomic E-state index is 0.198. The summed E-state index contributed by atoms with van der Waals surface area (Å²) in [7, 11) is 3.37. The van der Waals surface area contributed by atoms with Crippen LogP contribution in [0.25, 0.3) is 0 Å². The first-order valence-electron chi connectivity index (χ1n) is 7.78. The molecule has 2 rings (SSSR count). The summed E-state index contributed by atoms with van der Waals surface area (Å²) in [6.07, 6.45) is 2.53. The van der Waals surface area contributed by atoms with Crippen LogP contribution in [-0.4, -0.2) is 38.3 Å². The molecule has 2 N–H and O–H groups in total. The molecule has 0 radical (unpaired) electrons. The van der Waals surface area contributed by atoms with Gasteiger partial charge in [0.25, 0.3) is 0 Å². The second-order valence-electron chi connectivity index (χ2n) is 6.09. The maximum Gasteiger partial charge on any atom is 0.127 e. The Bertz CT molecular complexity index is 464. The van der Waals surface area contributed by atoms with E-state index in [1.165, 1.54) is 12.8 Å². The molecule has 1 fully saturated rings. The number of hydrogen-bond acceptors (Lipinski definition) is 4. The molecule has 0 saturated carbocycles. The van der Waals surface area contributed by atoms with E-state index in [9.17, 15) is 0 Å². The van der Waals surface area contributed by atoms with Crippen molar-refractivity contribution in [3.05, 3.63) is 23.8 Å². The molecule has 1 aliphatic rings. The molecule has 1 aliphatic heterocycles.